The lowest BCUT2D eigenvalue weighted by atomic mass is 10.00. The van der Waals surface area contributed by atoms with Crippen molar-refractivity contribution in [3.05, 3.63) is 28.5 Å². The Morgan fingerprint density at radius 2 is 2.31 bits per heavy atom. The molecule has 1 heterocycles. The second-order valence-corrected chi connectivity index (χ2v) is 4.21. The quantitative estimate of drug-likeness (QED) is 0.706. The summed E-state index contributed by atoms with van der Waals surface area (Å²) in [6.07, 6.45) is 4.28. The topological polar surface area (TPSA) is 30.0 Å². The summed E-state index contributed by atoms with van der Waals surface area (Å²) in [5.41, 5.74) is 1.19. The number of aromatic nitrogens is 1. The van der Waals surface area contributed by atoms with Crippen LogP contribution in [0.15, 0.2) is 22.9 Å². The Bertz CT molecular complexity index is 320. The van der Waals surface area contributed by atoms with Gasteiger partial charge in [-0.05, 0) is 39.9 Å². The van der Waals surface area contributed by atoms with E-state index in [1.165, 1.54) is 5.56 Å². The van der Waals surface area contributed by atoms with Crippen LogP contribution in [0.2, 0.25) is 0 Å². The summed E-state index contributed by atoms with van der Waals surface area (Å²) in [5.74, 6) is 0.793. The van der Waals surface area contributed by atoms with Gasteiger partial charge in [-0.3, -0.25) is 4.79 Å². The summed E-state index contributed by atoms with van der Waals surface area (Å²) < 4.78 is 0.848. The number of hydrogen-bond donors (Lipinski definition) is 0. The monoisotopic (exact) mass is 239 g/mol. The van der Waals surface area contributed by atoms with Gasteiger partial charge in [0.05, 0.1) is 0 Å². The molecule has 1 aliphatic carbocycles. The van der Waals surface area contributed by atoms with Gasteiger partial charge in [-0.25, -0.2) is 4.98 Å². The zero-order valence-electron chi connectivity index (χ0n) is 7.16. The van der Waals surface area contributed by atoms with Crippen LogP contribution in [0.1, 0.15) is 30.7 Å². The number of carbonyl (C=O) groups is 1. The van der Waals surface area contributed by atoms with Crippen LogP contribution in [0.5, 0.6) is 0 Å². The van der Waals surface area contributed by atoms with E-state index in [2.05, 4.69) is 20.9 Å². The molecule has 2 rings (SSSR count). The van der Waals surface area contributed by atoms with Crippen molar-refractivity contribution in [3.63, 3.8) is 0 Å². The van der Waals surface area contributed by atoms with E-state index in [4.69, 9.17) is 0 Å². The molecule has 2 nitrogen and oxygen atoms in total. The Morgan fingerprint density at radius 3 is 2.85 bits per heavy atom. The standard InChI is InChI=1S/C10H10BrNO/c11-10-4-2-8(6-12-10)7-1-3-9(13)5-7/h2,4,6-7H,1,3,5H2. The third kappa shape index (κ3) is 1.97. The normalized spacial score (nSPS) is 22.2. The van der Waals surface area contributed by atoms with Gasteiger partial charge < -0.3 is 0 Å². The Kier molecular flexibility index (Phi) is 2.44. The summed E-state index contributed by atoms with van der Waals surface area (Å²) >= 11 is 3.29. The van der Waals surface area contributed by atoms with Gasteiger partial charge in [-0.2, -0.15) is 0 Å². The summed E-state index contributed by atoms with van der Waals surface area (Å²) in [6, 6.07) is 3.97. The van der Waals surface area contributed by atoms with Gasteiger partial charge in [-0.15, -0.1) is 0 Å². The number of nitrogens with zero attached hydrogens (tertiary/aromatic N) is 1. The van der Waals surface area contributed by atoms with Crippen LogP contribution in [0.4, 0.5) is 0 Å². The Hall–Kier alpha value is -0.700. The minimum atomic E-state index is 0.382. The molecule has 1 aromatic heterocycles. The second kappa shape index (κ2) is 3.58. The molecule has 0 spiro atoms. The number of rotatable bonds is 1. The number of carbonyl (C=O) groups excluding carboxylic acids is 1. The lowest BCUT2D eigenvalue weighted by Crippen LogP contribution is -1.94. The number of halogens is 1. The maximum atomic E-state index is 11.1. The molecule has 0 N–H and O–H groups in total. The van der Waals surface area contributed by atoms with E-state index in [-0.39, 0.29) is 0 Å². The van der Waals surface area contributed by atoms with Crippen LogP contribution < -0.4 is 0 Å². The van der Waals surface area contributed by atoms with E-state index in [1.807, 2.05) is 18.3 Å². The number of Topliss-reactive ketones (excluding diaryl/α,β-unsaturated/α-hetero) is 1. The molecule has 0 saturated heterocycles. The molecule has 0 aromatic carbocycles. The average molecular weight is 240 g/mol. The predicted molar refractivity (Wildman–Crippen MR) is 53.5 cm³/mol. The smallest absolute Gasteiger partial charge is 0.133 e. The van der Waals surface area contributed by atoms with Gasteiger partial charge in [0.1, 0.15) is 10.4 Å². The van der Waals surface area contributed by atoms with Gasteiger partial charge in [0.2, 0.25) is 0 Å². The molecule has 1 atom stereocenters. The van der Waals surface area contributed by atoms with Crippen molar-refractivity contribution in [2.24, 2.45) is 0 Å². The molecule has 1 aromatic rings. The molecule has 68 valence electrons. The van der Waals surface area contributed by atoms with Gasteiger partial charge >= 0.3 is 0 Å². The maximum absolute atomic E-state index is 11.1. The predicted octanol–water partition coefficient (Wildman–Crippen LogP) is 2.68. The van der Waals surface area contributed by atoms with Crippen molar-refractivity contribution in [3.8, 4) is 0 Å². The number of hydrogen-bond acceptors (Lipinski definition) is 2. The third-order valence-corrected chi connectivity index (χ3v) is 2.94. The molecule has 1 aliphatic rings. The van der Waals surface area contributed by atoms with Crippen molar-refractivity contribution >= 4 is 21.7 Å². The molecule has 0 aliphatic heterocycles. The Morgan fingerprint density at radius 1 is 1.46 bits per heavy atom. The largest absolute Gasteiger partial charge is 0.300 e. The van der Waals surface area contributed by atoms with Crippen LogP contribution in [0, 0.1) is 0 Å². The van der Waals surface area contributed by atoms with E-state index in [9.17, 15) is 4.79 Å². The van der Waals surface area contributed by atoms with Crippen LogP contribution in [0.3, 0.4) is 0 Å². The van der Waals surface area contributed by atoms with Crippen LogP contribution in [0.25, 0.3) is 0 Å². The molecule has 1 fully saturated rings. The Labute approximate surface area is 85.5 Å². The zero-order valence-corrected chi connectivity index (χ0v) is 8.75. The van der Waals surface area contributed by atoms with E-state index in [0.717, 1.165) is 17.4 Å². The maximum Gasteiger partial charge on any atom is 0.133 e. The van der Waals surface area contributed by atoms with Crippen LogP contribution >= 0.6 is 15.9 Å². The molecule has 1 unspecified atom stereocenters. The number of ketones is 1. The summed E-state index contributed by atoms with van der Waals surface area (Å²) in [4.78, 5) is 15.2. The molecular weight excluding hydrogens is 230 g/mol. The van der Waals surface area contributed by atoms with E-state index in [1.54, 1.807) is 0 Å². The number of pyridine rings is 1. The first-order valence-corrected chi connectivity index (χ1v) is 5.18. The van der Waals surface area contributed by atoms with Crippen LogP contribution in [-0.4, -0.2) is 10.8 Å². The molecule has 3 heteroatoms. The molecule has 0 radical (unpaired) electrons. The van der Waals surface area contributed by atoms with Gasteiger partial charge in [0.25, 0.3) is 0 Å². The van der Waals surface area contributed by atoms with Gasteiger partial charge in [0.15, 0.2) is 0 Å². The van der Waals surface area contributed by atoms with Gasteiger partial charge in [0, 0.05) is 19.0 Å². The second-order valence-electron chi connectivity index (χ2n) is 3.39. The van der Waals surface area contributed by atoms with Crippen molar-refractivity contribution in [2.75, 3.05) is 0 Å². The molecule has 0 bridgehead atoms. The zero-order chi connectivity index (χ0) is 9.26. The summed E-state index contributed by atoms with van der Waals surface area (Å²) in [7, 11) is 0. The summed E-state index contributed by atoms with van der Waals surface area (Å²) in [5, 5.41) is 0. The lowest BCUT2D eigenvalue weighted by Gasteiger charge is -2.06. The van der Waals surface area contributed by atoms with Crippen molar-refractivity contribution in [2.45, 2.75) is 25.2 Å². The first kappa shape index (κ1) is 8.88. The first-order valence-electron chi connectivity index (χ1n) is 4.39. The highest BCUT2D eigenvalue weighted by atomic mass is 79.9. The lowest BCUT2D eigenvalue weighted by molar-refractivity contribution is -0.117. The molecule has 1 saturated carbocycles. The fraction of sp³-hybridized carbons (Fsp3) is 0.400. The molecule has 0 amide bonds. The molecular formula is C10H10BrNO. The van der Waals surface area contributed by atoms with Crippen LogP contribution in [-0.2, 0) is 4.79 Å². The van der Waals surface area contributed by atoms with Crippen molar-refractivity contribution < 1.29 is 4.79 Å². The minimum absolute atomic E-state index is 0.382. The highest BCUT2D eigenvalue weighted by Gasteiger charge is 2.23. The highest BCUT2D eigenvalue weighted by Crippen LogP contribution is 2.31. The fourth-order valence-corrected chi connectivity index (χ4v) is 1.96. The fourth-order valence-electron chi connectivity index (χ4n) is 1.73. The van der Waals surface area contributed by atoms with E-state index in [0.29, 0.717) is 18.1 Å². The van der Waals surface area contributed by atoms with E-state index >= 15 is 0 Å². The summed E-state index contributed by atoms with van der Waals surface area (Å²) in [6.45, 7) is 0. The van der Waals surface area contributed by atoms with Gasteiger partial charge in [-0.1, -0.05) is 6.07 Å². The minimum Gasteiger partial charge on any atom is -0.300 e. The SMILES string of the molecule is O=C1CCC(c2ccc(Br)nc2)C1. The highest BCUT2D eigenvalue weighted by molar-refractivity contribution is 9.10. The third-order valence-electron chi connectivity index (χ3n) is 2.47. The van der Waals surface area contributed by atoms with E-state index < -0.39 is 0 Å². The van der Waals surface area contributed by atoms with Crippen molar-refractivity contribution in [1.82, 2.24) is 4.98 Å². The Balaban J connectivity index is 2.17. The first-order chi connectivity index (χ1) is 6.25. The average Bonchev–Trinajstić information content (AvgIpc) is 2.53. The van der Waals surface area contributed by atoms with Crippen molar-refractivity contribution in [1.29, 1.82) is 0 Å². The molecule has 13 heavy (non-hydrogen) atoms.